The number of methoxy groups -OCH3 is 1. The number of halogens is 3. The standard InChI is InChI=1S/C24H16ClF2N5O5/c1-36-17-5-4-14(20(26)21(17)27)16-11-29-23-22(28-8-9-31(16)23)30-12-2-3-13(15(25)10-12)24(35)37-32-18(33)6-7-19(32)34/h2-5,8-11H,6-7H2,1H3,(H,28,30). The van der Waals surface area contributed by atoms with Gasteiger partial charge in [0.05, 0.1) is 29.6 Å². The number of imide groups is 1. The Morgan fingerprint density at radius 2 is 1.84 bits per heavy atom. The summed E-state index contributed by atoms with van der Waals surface area (Å²) in [5.74, 6) is -4.34. The van der Waals surface area contributed by atoms with Gasteiger partial charge in [-0.25, -0.2) is 19.2 Å². The Hall–Kier alpha value is -4.58. The highest BCUT2D eigenvalue weighted by atomic mass is 35.5. The molecule has 4 aromatic rings. The van der Waals surface area contributed by atoms with E-state index in [1.54, 1.807) is 0 Å². The second-order valence-electron chi connectivity index (χ2n) is 7.84. The van der Waals surface area contributed by atoms with Gasteiger partial charge in [-0.05, 0) is 30.3 Å². The van der Waals surface area contributed by atoms with Crippen molar-refractivity contribution in [1.82, 2.24) is 19.4 Å². The summed E-state index contributed by atoms with van der Waals surface area (Å²) >= 11 is 6.25. The highest BCUT2D eigenvalue weighted by Crippen LogP contribution is 2.32. The second kappa shape index (κ2) is 9.47. The zero-order valence-electron chi connectivity index (χ0n) is 19.0. The summed E-state index contributed by atoms with van der Waals surface area (Å²) in [6.07, 6.45) is 4.29. The molecule has 3 heterocycles. The minimum absolute atomic E-state index is 0.0131. The van der Waals surface area contributed by atoms with E-state index < -0.39 is 29.4 Å². The summed E-state index contributed by atoms with van der Waals surface area (Å²) in [5, 5.41) is 3.43. The number of aromatic nitrogens is 3. The van der Waals surface area contributed by atoms with E-state index in [4.69, 9.17) is 21.2 Å². The van der Waals surface area contributed by atoms with Gasteiger partial charge >= 0.3 is 5.97 Å². The van der Waals surface area contributed by atoms with Gasteiger partial charge in [0.25, 0.3) is 11.8 Å². The highest BCUT2D eigenvalue weighted by molar-refractivity contribution is 6.34. The van der Waals surface area contributed by atoms with Crippen molar-refractivity contribution in [2.45, 2.75) is 12.8 Å². The largest absolute Gasteiger partial charge is 0.494 e. The molecular formula is C24H16ClF2N5O5. The van der Waals surface area contributed by atoms with E-state index in [2.05, 4.69) is 15.3 Å². The fourth-order valence-electron chi connectivity index (χ4n) is 3.78. The topological polar surface area (TPSA) is 115 Å². The summed E-state index contributed by atoms with van der Waals surface area (Å²) in [5.41, 5.74) is 0.914. The molecule has 0 aliphatic carbocycles. The van der Waals surface area contributed by atoms with Crippen LogP contribution in [0, 0.1) is 11.6 Å². The summed E-state index contributed by atoms with van der Waals surface area (Å²) < 4.78 is 35.3. The Morgan fingerprint density at radius 1 is 1.08 bits per heavy atom. The molecule has 0 atom stereocenters. The zero-order chi connectivity index (χ0) is 26.3. The van der Waals surface area contributed by atoms with Gasteiger partial charge in [-0.1, -0.05) is 11.6 Å². The molecular weight excluding hydrogens is 512 g/mol. The van der Waals surface area contributed by atoms with Gasteiger partial charge < -0.3 is 14.9 Å². The van der Waals surface area contributed by atoms with Crippen LogP contribution in [0.1, 0.15) is 23.2 Å². The fourth-order valence-corrected chi connectivity index (χ4v) is 4.04. The molecule has 37 heavy (non-hydrogen) atoms. The first-order valence-corrected chi connectivity index (χ1v) is 11.2. The number of nitrogens with one attached hydrogen (secondary N) is 1. The number of hydrogen-bond donors (Lipinski definition) is 1. The molecule has 1 fully saturated rings. The molecule has 1 aliphatic rings. The lowest BCUT2D eigenvalue weighted by molar-refractivity contribution is -0.172. The first-order valence-electron chi connectivity index (χ1n) is 10.8. The molecule has 1 aliphatic heterocycles. The maximum absolute atomic E-state index is 14.7. The Kier molecular flexibility index (Phi) is 6.17. The number of carbonyl (C=O) groups is 3. The molecule has 2 amide bonds. The number of carbonyl (C=O) groups excluding carboxylic acids is 3. The van der Waals surface area contributed by atoms with Crippen LogP contribution < -0.4 is 10.1 Å². The highest BCUT2D eigenvalue weighted by Gasteiger charge is 2.33. The van der Waals surface area contributed by atoms with Crippen LogP contribution >= 0.6 is 11.6 Å². The number of hydroxylamine groups is 2. The summed E-state index contributed by atoms with van der Waals surface area (Å²) in [6, 6.07) is 6.97. The molecule has 188 valence electrons. The van der Waals surface area contributed by atoms with Crippen LogP contribution in [-0.2, 0) is 14.4 Å². The number of fused-ring (bicyclic) bond motifs is 1. The third-order valence-corrected chi connectivity index (χ3v) is 5.92. The smallest absolute Gasteiger partial charge is 0.365 e. The first-order chi connectivity index (χ1) is 17.8. The van der Waals surface area contributed by atoms with E-state index in [0.717, 1.165) is 0 Å². The van der Waals surface area contributed by atoms with Crippen molar-refractivity contribution in [3.8, 4) is 17.0 Å². The Balaban J connectivity index is 1.41. The SMILES string of the molecule is COc1ccc(-c2cnc3c(Nc4ccc(C(=O)ON5C(=O)CCC5=O)c(Cl)c4)nccn23)c(F)c1F. The molecule has 0 spiro atoms. The average molecular weight is 528 g/mol. The van der Waals surface area contributed by atoms with Crippen molar-refractivity contribution in [3.63, 3.8) is 0 Å². The van der Waals surface area contributed by atoms with Crippen molar-refractivity contribution < 1.29 is 32.7 Å². The van der Waals surface area contributed by atoms with E-state index in [-0.39, 0.29) is 46.3 Å². The molecule has 2 aromatic carbocycles. The predicted octanol–water partition coefficient (Wildman–Crippen LogP) is 4.30. The van der Waals surface area contributed by atoms with E-state index in [0.29, 0.717) is 16.4 Å². The normalized spacial score (nSPS) is 13.4. The number of anilines is 2. The van der Waals surface area contributed by atoms with Crippen LogP contribution in [0.5, 0.6) is 5.75 Å². The van der Waals surface area contributed by atoms with E-state index in [9.17, 15) is 23.2 Å². The maximum Gasteiger partial charge on any atom is 0.365 e. The van der Waals surface area contributed by atoms with Gasteiger partial charge in [-0.2, -0.15) is 4.39 Å². The third kappa shape index (κ3) is 4.31. The van der Waals surface area contributed by atoms with E-state index >= 15 is 0 Å². The quantitative estimate of drug-likeness (QED) is 0.369. The van der Waals surface area contributed by atoms with Crippen LogP contribution in [0.3, 0.4) is 0 Å². The monoisotopic (exact) mass is 527 g/mol. The average Bonchev–Trinajstić information content (AvgIpc) is 3.45. The van der Waals surface area contributed by atoms with Crippen molar-refractivity contribution in [2.75, 3.05) is 12.4 Å². The van der Waals surface area contributed by atoms with Crippen molar-refractivity contribution >= 4 is 46.5 Å². The fraction of sp³-hybridized carbons (Fsp3) is 0.125. The van der Waals surface area contributed by atoms with E-state index in [1.807, 2.05) is 0 Å². The van der Waals surface area contributed by atoms with Crippen LogP contribution in [-0.4, -0.2) is 44.3 Å². The molecule has 0 unspecified atom stereocenters. The molecule has 13 heteroatoms. The van der Waals surface area contributed by atoms with Crippen LogP contribution in [0.4, 0.5) is 20.3 Å². The van der Waals surface area contributed by atoms with E-state index in [1.165, 1.54) is 60.4 Å². The molecule has 1 saturated heterocycles. The minimum atomic E-state index is -1.12. The van der Waals surface area contributed by atoms with Gasteiger partial charge in [0, 0.05) is 36.5 Å². The van der Waals surface area contributed by atoms with Crippen molar-refractivity contribution in [2.24, 2.45) is 0 Å². The molecule has 10 nitrogen and oxygen atoms in total. The van der Waals surface area contributed by atoms with Crippen molar-refractivity contribution in [3.05, 3.63) is 71.1 Å². The number of benzene rings is 2. The molecule has 5 rings (SSSR count). The molecule has 0 saturated carbocycles. The molecule has 0 bridgehead atoms. The number of nitrogens with zero attached hydrogens (tertiary/aromatic N) is 4. The molecule has 0 radical (unpaired) electrons. The summed E-state index contributed by atoms with van der Waals surface area (Å²) in [4.78, 5) is 49.2. The Bertz CT molecular complexity index is 1580. The van der Waals surface area contributed by atoms with Gasteiger partial charge in [-0.15, -0.1) is 5.06 Å². The molecule has 1 N–H and O–H groups in total. The van der Waals surface area contributed by atoms with Gasteiger partial charge in [-0.3, -0.25) is 14.0 Å². The van der Waals surface area contributed by atoms with Gasteiger partial charge in [0.15, 0.2) is 23.0 Å². The van der Waals surface area contributed by atoms with Crippen LogP contribution in [0.2, 0.25) is 5.02 Å². The number of rotatable bonds is 6. The van der Waals surface area contributed by atoms with Crippen LogP contribution in [0.15, 0.2) is 48.9 Å². The van der Waals surface area contributed by atoms with Crippen molar-refractivity contribution in [1.29, 1.82) is 0 Å². The maximum atomic E-state index is 14.7. The first kappa shape index (κ1) is 24.1. The lowest BCUT2D eigenvalue weighted by atomic mass is 10.1. The lowest BCUT2D eigenvalue weighted by Gasteiger charge is -2.14. The van der Waals surface area contributed by atoms with Crippen LogP contribution in [0.25, 0.3) is 16.9 Å². The number of ether oxygens (including phenoxy) is 1. The Morgan fingerprint density at radius 3 is 2.54 bits per heavy atom. The summed E-state index contributed by atoms with van der Waals surface area (Å²) in [7, 11) is 1.24. The predicted molar refractivity (Wildman–Crippen MR) is 126 cm³/mol. The molecule has 2 aromatic heterocycles. The minimum Gasteiger partial charge on any atom is -0.494 e. The number of hydrogen-bond acceptors (Lipinski definition) is 8. The number of imidazole rings is 1. The summed E-state index contributed by atoms with van der Waals surface area (Å²) in [6.45, 7) is 0. The van der Waals surface area contributed by atoms with Gasteiger partial charge in [0.1, 0.15) is 0 Å². The third-order valence-electron chi connectivity index (χ3n) is 5.60. The second-order valence-corrected chi connectivity index (χ2v) is 8.24. The Labute approximate surface area is 212 Å². The number of amides is 2. The lowest BCUT2D eigenvalue weighted by Crippen LogP contribution is -2.32. The zero-order valence-corrected chi connectivity index (χ0v) is 19.8. The van der Waals surface area contributed by atoms with Gasteiger partial charge in [0.2, 0.25) is 5.82 Å².